The van der Waals surface area contributed by atoms with E-state index in [0.29, 0.717) is 19.4 Å². The number of hydrazine groups is 1. The minimum atomic E-state index is -1.08. The molecule has 0 aromatic heterocycles. The van der Waals surface area contributed by atoms with Gasteiger partial charge in [-0.05, 0) is 12.8 Å². The molecular weight excluding hydrogens is 246 g/mol. The summed E-state index contributed by atoms with van der Waals surface area (Å²) < 4.78 is 4.52. The van der Waals surface area contributed by atoms with Crippen molar-refractivity contribution in [3.63, 3.8) is 0 Å². The number of esters is 1. The molecule has 0 aromatic rings. The van der Waals surface area contributed by atoms with Crippen molar-refractivity contribution in [1.29, 1.82) is 0 Å². The summed E-state index contributed by atoms with van der Waals surface area (Å²) in [6.07, 6.45) is 1.17. The second-order valence-corrected chi connectivity index (χ2v) is 3.61. The van der Waals surface area contributed by atoms with Crippen molar-refractivity contribution in [3.05, 3.63) is 5.21 Å². The van der Waals surface area contributed by atoms with Crippen molar-refractivity contribution in [1.82, 2.24) is 5.01 Å². The summed E-state index contributed by atoms with van der Waals surface area (Å²) in [5, 5.41) is 24.4. The lowest BCUT2D eigenvalue weighted by Crippen LogP contribution is -2.40. The lowest BCUT2D eigenvalue weighted by atomic mass is 10.2. The Balaban J connectivity index is 2.40. The molecule has 0 radical (unpaired) electrons. The molecule has 102 valence electrons. The van der Waals surface area contributed by atoms with E-state index in [4.69, 9.17) is 5.11 Å². The van der Waals surface area contributed by atoms with Gasteiger partial charge in [-0.15, -0.1) is 5.01 Å². The topological polar surface area (TPSA) is 114 Å². The molecule has 0 amide bonds. The molecule has 1 heterocycles. The summed E-state index contributed by atoms with van der Waals surface area (Å²) in [6, 6.07) is -0.895. The van der Waals surface area contributed by atoms with Crippen LogP contribution in [0.4, 0.5) is 0 Å². The van der Waals surface area contributed by atoms with E-state index in [1.165, 1.54) is 0 Å². The maximum atomic E-state index is 11.4. The summed E-state index contributed by atoms with van der Waals surface area (Å²) in [4.78, 5) is 26.1. The standard InChI is InChI=1S/C9H15N3O6/c1-2-8(13)17-6-18-10-12(16)11-5-3-4-7(11)9(14)15/h7H,2-6H2,1H3,(H,14,15)/t7-/m0/s1. The molecule has 1 N–H and O–H groups in total. The molecule has 18 heavy (non-hydrogen) atoms. The Hall–Kier alpha value is -2.06. The normalized spacial score (nSPS) is 19.7. The zero-order chi connectivity index (χ0) is 13.5. The average molecular weight is 261 g/mol. The molecule has 1 atom stereocenters. The van der Waals surface area contributed by atoms with E-state index >= 15 is 0 Å². The predicted octanol–water partition coefficient (Wildman–Crippen LogP) is 0.255. The number of ether oxygens (including phenoxy) is 1. The van der Waals surface area contributed by atoms with Gasteiger partial charge < -0.3 is 19.9 Å². The molecule has 0 saturated carbocycles. The third-order valence-corrected chi connectivity index (χ3v) is 2.42. The molecule has 0 spiro atoms. The van der Waals surface area contributed by atoms with Crippen LogP contribution in [0.1, 0.15) is 26.2 Å². The third kappa shape index (κ3) is 3.75. The largest absolute Gasteiger partial charge is 0.569 e. The van der Waals surface area contributed by atoms with Gasteiger partial charge in [0.15, 0.2) is 6.04 Å². The van der Waals surface area contributed by atoms with Gasteiger partial charge in [-0.3, -0.25) is 4.79 Å². The first kappa shape index (κ1) is 14.0. The maximum absolute atomic E-state index is 11.4. The Morgan fingerprint density at radius 3 is 2.94 bits per heavy atom. The van der Waals surface area contributed by atoms with E-state index in [0.717, 1.165) is 5.01 Å². The lowest BCUT2D eigenvalue weighted by molar-refractivity contribution is -0.712. The van der Waals surface area contributed by atoms with E-state index < -0.39 is 24.8 Å². The number of carbonyl (C=O) groups is 2. The number of aliphatic carboxylic acids is 1. The molecule has 0 bridgehead atoms. The van der Waals surface area contributed by atoms with Gasteiger partial charge in [0.25, 0.3) is 6.79 Å². The molecule has 0 aliphatic carbocycles. The molecule has 1 rings (SSSR count). The summed E-state index contributed by atoms with van der Waals surface area (Å²) in [6.45, 7) is 1.43. The quantitative estimate of drug-likeness (QED) is 0.182. The zero-order valence-electron chi connectivity index (χ0n) is 9.94. The van der Waals surface area contributed by atoms with E-state index in [1.807, 2.05) is 0 Å². The Labute approximate surface area is 103 Å². The van der Waals surface area contributed by atoms with E-state index in [-0.39, 0.29) is 11.4 Å². The summed E-state index contributed by atoms with van der Waals surface area (Å²) in [5.74, 6) is -1.56. The van der Waals surface area contributed by atoms with E-state index in [1.54, 1.807) is 6.92 Å². The van der Waals surface area contributed by atoms with Gasteiger partial charge in [0.1, 0.15) is 0 Å². The van der Waals surface area contributed by atoms with Crippen LogP contribution in [0.2, 0.25) is 0 Å². The van der Waals surface area contributed by atoms with Gasteiger partial charge in [-0.1, -0.05) is 6.92 Å². The van der Waals surface area contributed by atoms with Gasteiger partial charge in [-0.2, -0.15) is 0 Å². The van der Waals surface area contributed by atoms with Gasteiger partial charge in [0.05, 0.1) is 11.5 Å². The Bertz CT molecular complexity index is 345. The van der Waals surface area contributed by atoms with Crippen LogP contribution in [-0.4, -0.2) is 46.4 Å². The Morgan fingerprint density at radius 1 is 1.61 bits per heavy atom. The fourth-order valence-electron chi connectivity index (χ4n) is 1.52. The second kappa shape index (κ2) is 6.62. The Kier molecular flexibility index (Phi) is 5.15. The van der Waals surface area contributed by atoms with Crippen LogP contribution in [0.5, 0.6) is 0 Å². The molecule has 0 unspecified atom stereocenters. The highest BCUT2D eigenvalue weighted by molar-refractivity contribution is 5.73. The van der Waals surface area contributed by atoms with Crippen LogP contribution < -0.4 is 0 Å². The van der Waals surface area contributed by atoms with Crippen LogP contribution in [0, 0.1) is 5.21 Å². The van der Waals surface area contributed by atoms with Crippen molar-refractivity contribution >= 4 is 11.9 Å². The highest BCUT2D eigenvalue weighted by atomic mass is 16.8. The monoisotopic (exact) mass is 261 g/mol. The molecule has 1 aliphatic heterocycles. The fraction of sp³-hybridized carbons (Fsp3) is 0.778. The predicted molar refractivity (Wildman–Crippen MR) is 55.8 cm³/mol. The fourth-order valence-corrected chi connectivity index (χ4v) is 1.52. The van der Waals surface area contributed by atoms with Crippen molar-refractivity contribution in [2.45, 2.75) is 32.2 Å². The number of carboxylic acids is 1. The minimum Gasteiger partial charge on any atom is -0.569 e. The van der Waals surface area contributed by atoms with Crippen molar-refractivity contribution in [2.24, 2.45) is 5.28 Å². The van der Waals surface area contributed by atoms with E-state index in [9.17, 15) is 14.8 Å². The molecule has 1 aliphatic rings. The number of nitrogens with zero attached hydrogens (tertiary/aromatic N) is 3. The molecule has 9 heteroatoms. The first-order chi connectivity index (χ1) is 8.56. The van der Waals surface area contributed by atoms with Gasteiger partial charge in [0, 0.05) is 6.42 Å². The van der Waals surface area contributed by atoms with Crippen molar-refractivity contribution < 1.29 is 29.2 Å². The van der Waals surface area contributed by atoms with Crippen LogP contribution in [0.25, 0.3) is 0 Å². The van der Waals surface area contributed by atoms with Gasteiger partial charge >= 0.3 is 11.9 Å². The molecule has 0 aromatic carbocycles. The van der Waals surface area contributed by atoms with Crippen LogP contribution >= 0.6 is 0 Å². The highest BCUT2D eigenvalue weighted by Crippen LogP contribution is 2.17. The van der Waals surface area contributed by atoms with Crippen LogP contribution in [0.15, 0.2) is 5.28 Å². The van der Waals surface area contributed by atoms with Crippen molar-refractivity contribution in [2.75, 3.05) is 13.3 Å². The number of rotatable bonds is 6. The average Bonchev–Trinajstić information content (AvgIpc) is 2.83. The smallest absolute Gasteiger partial charge is 0.332 e. The van der Waals surface area contributed by atoms with Crippen LogP contribution in [-0.2, 0) is 19.2 Å². The molecule has 1 saturated heterocycles. The number of carboxylic acid groups (broad SMARTS) is 1. The zero-order valence-corrected chi connectivity index (χ0v) is 9.94. The number of carbonyl (C=O) groups excluding carboxylic acids is 1. The second-order valence-electron chi connectivity index (χ2n) is 3.61. The maximum Gasteiger partial charge on any atom is 0.332 e. The minimum absolute atomic E-state index is 0.0750. The number of hydrogen-bond donors (Lipinski definition) is 1. The first-order valence-electron chi connectivity index (χ1n) is 5.51. The Morgan fingerprint density at radius 2 is 2.33 bits per heavy atom. The lowest BCUT2D eigenvalue weighted by Gasteiger charge is -2.16. The summed E-state index contributed by atoms with van der Waals surface area (Å²) >= 11 is 0. The SMILES string of the molecule is CCC(=O)OCON=[N+]([O-])N1CCC[C@H]1C(=O)O. The third-order valence-electron chi connectivity index (χ3n) is 2.42. The first-order valence-corrected chi connectivity index (χ1v) is 5.51. The summed E-state index contributed by atoms with van der Waals surface area (Å²) in [5.41, 5.74) is 0. The molecule has 1 fully saturated rings. The van der Waals surface area contributed by atoms with E-state index in [2.05, 4.69) is 14.9 Å². The van der Waals surface area contributed by atoms with Crippen LogP contribution in [0.3, 0.4) is 0 Å². The van der Waals surface area contributed by atoms with Gasteiger partial charge in [0.2, 0.25) is 5.28 Å². The van der Waals surface area contributed by atoms with Crippen molar-refractivity contribution in [3.8, 4) is 0 Å². The summed E-state index contributed by atoms with van der Waals surface area (Å²) in [7, 11) is 0. The van der Waals surface area contributed by atoms with Gasteiger partial charge in [-0.25, -0.2) is 4.79 Å². The molecule has 9 nitrogen and oxygen atoms in total. The number of hydrogen-bond acceptors (Lipinski definition) is 6. The molecular formula is C9H15N3O6. The highest BCUT2D eigenvalue weighted by Gasteiger charge is 2.36.